The lowest BCUT2D eigenvalue weighted by Gasteiger charge is -2.16. The minimum Gasteiger partial charge on any atom is -0.394 e. The Morgan fingerprint density at radius 1 is 1.13 bits per heavy atom. The topological polar surface area (TPSA) is 78.4 Å². The zero-order valence-electron chi connectivity index (χ0n) is 12.5. The van der Waals surface area contributed by atoms with Crippen LogP contribution in [-0.4, -0.2) is 23.5 Å². The van der Waals surface area contributed by atoms with E-state index in [1.807, 2.05) is 13.0 Å². The van der Waals surface area contributed by atoms with Crippen molar-refractivity contribution in [1.29, 1.82) is 0 Å². The van der Waals surface area contributed by atoms with Crippen molar-refractivity contribution in [3.05, 3.63) is 64.7 Å². The number of nitrogens with one attached hydrogen (secondary N) is 2. The number of rotatable bonds is 4. The van der Waals surface area contributed by atoms with Gasteiger partial charge in [-0.05, 0) is 30.2 Å². The summed E-state index contributed by atoms with van der Waals surface area (Å²) in [6.45, 7) is 1.53. The number of halogens is 1. The van der Waals surface area contributed by atoms with Crippen molar-refractivity contribution in [3.8, 4) is 0 Å². The fraction of sp³-hybridized carbons (Fsp3) is 0.176. The number of aryl methyl sites for hydroxylation is 1. The van der Waals surface area contributed by atoms with Gasteiger partial charge >= 0.3 is 11.8 Å². The Hall–Kier alpha value is -2.37. The van der Waals surface area contributed by atoms with E-state index >= 15 is 0 Å². The number of anilines is 1. The summed E-state index contributed by atoms with van der Waals surface area (Å²) in [5.74, 6) is -1.65. The first-order valence-corrected chi connectivity index (χ1v) is 7.43. The van der Waals surface area contributed by atoms with Gasteiger partial charge in [-0.3, -0.25) is 9.59 Å². The maximum atomic E-state index is 12.0. The molecule has 3 N–H and O–H groups in total. The van der Waals surface area contributed by atoms with Crippen LogP contribution in [0.3, 0.4) is 0 Å². The second kappa shape index (κ2) is 7.76. The molecule has 0 bridgehead atoms. The van der Waals surface area contributed by atoms with Crippen molar-refractivity contribution in [2.75, 3.05) is 11.9 Å². The summed E-state index contributed by atoms with van der Waals surface area (Å²) in [5.41, 5.74) is 2.02. The lowest BCUT2D eigenvalue weighted by Crippen LogP contribution is -2.39. The van der Waals surface area contributed by atoms with Crippen LogP contribution in [0, 0.1) is 6.92 Å². The SMILES string of the molecule is Cc1ccc(NC(=O)C(=O)NC(CO)c2ccccc2)cc1Cl. The summed E-state index contributed by atoms with van der Waals surface area (Å²) in [5, 5.41) is 14.9. The van der Waals surface area contributed by atoms with Crippen molar-refractivity contribution in [2.45, 2.75) is 13.0 Å². The van der Waals surface area contributed by atoms with Crippen molar-refractivity contribution in [3.63, 3.8) is 0 Å². The summed E-state index contributed by atoms with van der Waals surface area (Å²) >= 11 is 5.98. The summed E-state index contributed by atoms with van der Waals surface area (Å²) in [6.07, 6.45) is 0. The van der Waals surface area contributed by atoms with Crippen molar-refractivity contribution >= 4 is 29.1 Å². The number of aliphatic hydroxyl groups is 1. The minimum atomic E-state index is -0.829. The molecular formula is C17H17ClN2O3. The Bertz CT molecular complexity index is 704. The van der Waals surface area contributed by atoms with Gasteiger partial charge in [0.05, 0.1) is 12.6 Å². The predicted octanol–water partition coefficient (Wildman–Crippen LogP) is 2.44. The van der Waals surface area contributed by atoms with Gasteiger partial charge < -0.3 is 15.7 Å². The third-order valence-electron chi connectivity index (χ3n) is 3.33. The molecule has 0 fully saturated rings. The standard InChI is InChI=1S/C17H17ClN2O3/c1-11-7-8-13(9-14(11)18)19-16(22)17(23)20-15(10-21)12-5-3-2-4-6-12/h2-9,15,21H,10H2,1H3,(H,19,22)(H,20,23). The van der Waals surface area contributed by atoms with Gasteiger partial charge in [0.25, 0.3) is 0 Å². The fourth-order valence-corrected chi connectivity index (χ4v) is 2.18. The van der Waals surface area contributed by atoms with Gasteiger partial charge in [-0.15, -0.1) is 0 Å². The molecule has 23 heavy (non-hydrogen) atoms. The largest absolute Gasteiger partial charge is 0.394 e. The summed E-state index contributed by atoms with van der Waals surface area (Å²) < 4.78 is 0. The van der Waals surface area contributed by atoms with Crippen LogP contribution < -0.4 is 10.6 Å². The first kappa shape index (κ1) is 17.0. The summed E-state index contributed by atoms with van der Waals surface area (Å²) in [7, 11) is 0. The van der Waals surface area contributed by atoms with E-state index in [1.54, 1.807) is 42.5 Å². The minimum absolute atomic E-state index is 0.306. The second-order valence-electron chi connectivity index (χ2n) is 5.04. The van der Waals surface area contributed by atoms with E-state index in [-0.39, 0.29) is 6.61 Å². The van der Waals surface area contributed by atoms with Crippen LogP contribution in [-0.2, 0) is 9.59 Å². The van der Waals surface area contributed by atoms with E-state index in [9.17, 15) is 14.7 Å². The number of hydrogen-bond donors (Lipinski definition) is 3. The Labute approximate surface area is 139 Å². The van der Waals surface area contributed by atoms with E-state index in [4.69, 9.17) is 11.6 Å². The zero-order chi connectivity index (χ0) is 16.8. The van der Waals surface area contributed by atoms with Crippen LogP contribution in [0.15, 0.2) is 48.5 Å². The number of hydrogen-bond acceptors (Lipinski definition) is 3. The third kappa shape index (κ3) is 4.55. The molecule has 0 aliphatic rings. The summed E-state index contributed by atoms with van der Waals surface area (Å²) in [6, 6.07) is 13.3. The highest BCUT2D eigenvalue weighted by molar-refractivity contribution is 6.40. The normalized spacial score (nSPS) is 11.6. The zero-order valence-corrected chi connectivity index (χ0v) is 13.3. The molecule has 2 rings (SSSR count). The molecule has 0 aliphatic carbocycles. The highest BCUT2D eigenvalue weighted by Gasteiger charge is 2.19. The molecule has 0 aromatic heterocycles. The van der Waals surface area contributed by atoms with Gasteiger partial charge in [0, 0.05) is 10.7 Å². The molecule has 1 unspecified atom stereocenters. The van der Waals surface area contributed by atoms with Gasteiger partial charge in [0.1, 0.15) is 0 Å². The maximum Gasteiger partial charge on any atom is 0.313 e. The fourth-order valence-electron chi connectivity index (χ4n) is 2.00. The van der Waals surface area contributed by atoms with Gasteiger partial charge in [0.15, 0.2) is 0 Å². The van der Waals surface area contributed by atoms with E-state index in [0.29, 0.717) is 10.7 Å². The third-order valence-corrected chi connectivity index (χ3v) is 3.73. The molecule has 2 aromatic carbocycles. The van der Waals surface area contributed by atoms with E-state index in [0.717, 1.165) is 11.1 Å². The lowest BCUT2D eigenvalue weighted by atomic mass is 10.1. The maximum absolute atomic E-state index is 12.0. The number of amides is 2. The molecule has 0 spiro atoms. The Morgan fingerprint density at radius 2 is 1.83 bits per heavy atom. The number of aliphatic hydroxyl groups excluding tert-OH is 1. The lowest BCUT2D eigenvalue weighted by molar-refractivity contribution is -0.136. The molecule has 0 radical (unpaired) electrons. The van der Waals surface area contributed by atoms with Gasteiger partial charge in [-0.2, -0.15) is 0 Å². The molecule has 6 heteroatoms. The average molecular weight is 333 g/mol. The first-order chi connectivity index (χ1) is 11.0. The Kier molecular flexibility index (Phi) is 5.73. The smallest absolute Gasteiger partial charge is 0.313 e. The van der Waals surface area contributed by atoms with Gasteiger partial charge in [0.2, 0.25) is 0 Å². The molecule has 2 aromatic rings. The van der Waals surface area contributed by atoms with E-state index in [1.165, 1.54) is 0 Å². The molecule has 0 saturated carbocycles. The second-order valence-corrected chi connectivity index (χ2v) is 5.44. The highest BCUT2D eigenvalue weighted by Crippen LogP contribution is 2.20. The molecule has 0 heterocycles. The number of benzene rings is 2. The molecule has 0 aliphatic heterocycles. The van der Waals surface area contributed by atoms with Crippen molar-refractivity contribution < 1.29 is 14.7 Å². The van der Waals surface area contributed by atoms with Crippen LogP contribution in [0.4, 0.5) is 5.69 Å². The van der Waals surface area contributed by atoms with Crippen LogP contribution in [0.2, 0.25) is 5.02 Å². The predicted molar refractivity (Wildman–Crippen MR) is 89.2 cm³/mol. The highest BCUT2D eigenvalue weighted by atomic mass is 35.5. The monoisotopic (exact) mass is 332 g/mol. The molecule has 0 saturated heterocycles. The summed E-state index contributed by atoms with van der Waals surface area (Å²) in [4.78, 5) is 23.9. The Balaban J connectivity index is 2.01. The molecule has 2 amide bonds. The molecule has 1 atom stereocenters. The Morgan fingerprint density at radius 3 is 2.43 bits per heavy atom. The van der Waals surface area contributed by atoms with Crippen LogP contribution in [0.25, 0.3) is 0 Å². The van der Waals surface area contributed by atoms with Crippen LogP contribution in [0.1, 0.15) is 17.2 Å². The molecule has 5 nitrogen and oxygen atoms in total. The van der Waals surface area contributed by atoms with Crippen LogP contribution >= 0.6 is 11.6 Å². The van der Waals surface area contributed by atoms with E-state index in [2.05, 4.69) is 10.6 Å². The first-order valence-electron chi connectivity index (χ1n) is 7.05. The number of carbonyl (C=O) groups excluding carboxylic acids is 2. The number of carbonyl (C=O) groups is 2. The van der Waals surface area contributed by atoms with Gasteiger partial charge in [-0.25, -0.2) is 0 Å². The van der Waals surface area contributed by atoms with E-state index < -0.39 is 17.9 Å². The van der Waals surface area contributed by atoms with Crippen molar-refractivity contribution in [1.82, 2.24) is 5.32 Å². The molecular weight excluding hydrogens is 316 g/mol. The van der Waals surface area contributed by atoms with Gasteiger partial charge in [-0.1, -0.05) is 48.0 Å². The average Bonchev–Trinajstić information content (AvgIpc) is 2.56. The quantitative estimate of drug-likeness (QED) is 0.752. The van der Waals surface area contributed by atoms with Crippen LogP contribution in [0.5, 0.6) is 0 Å². The molecule has 120 valence electrons. The van der Waals surface area contributed by atoms with Crippen molar-refractivity contribution in [2.24, 2.45) is 0 Å².